The molecular weight excluding hydrogens is 446 g/mol. The molecule has 1 aliphatic heterocycles. The molecule has 186 valence electrons. The second kappa shape index (κ2) is 11.7. The zero-order valence-electron chi connectivity index (χ0n) is 20.9. The molecule has 2 aromatic rings. The number of hydrogen-bond donors (Lipinski definition) is 2. The van der Waals surface area contributed by atoms with Crippen LogP contribution in [0.25, 0.3) is 0 Å². The number of fused-ring (bicyclic) bond motifs is 1. The van der Waals surface area contributed by atoms with Crippen molar-refractivity contribution in [3.8, 4) is 17.7 Å². The van der Waals surface area contributed by atoms with Gasteiger partial charge in [0, 0.05) is 55.3 Å². The zero-order valence-corrected chi connectivity index (χ0v) is 20.9. The van der Waals surface area contributed by atoms with E-state index in [1.807, 2.05) is 20.8 Å². The highest BCUT2D eigenvalue weighted by molar-refractivity contribution is 5.97. The van der Waals surface area contributed by atoms with E-state index in [1.165, 1.54) is 0 Å². The Labute approximate surface area is 206 Å². The number of hydrogen-bond acceptors (Lipinski definition) is 6. The number of amides is 3. The standard InChI is InChI=1S/C26H33N5O4/c1-17(2)29-26(34)30(5)15-23-18(3)14-31(19(4)16-32)25(33)22-12-21(13-28-24(22)35-23)7-6-20-8-10-27-11-9-20/h8-13,17-19,23,32H,14-16H2,1-5H3,(H,29,34)/t18-,19+,23-/m0/s1. The first-order chi connectivity index (χ1) is 16.7. The molecule has 0 radical (unpaired) electrons. The van der Waals surface area contributed by atoms with Gasteiger partial charge in [-0.1, -0.05) is 18.8 Å². The lowest BCUT2D eigenvalue weighted by Gasteiger charge is -2.37. The Morgan fingerprint density at radius 3 is 2.63 bits per heavy atom. The first-order valence-corrected chi connectivity index (χ1v) is 11.7. The fraction of sp³-hybridized carbons (Fsp3) is 0.462. The van der Waals surface area contributed by atoms with Crippen LogP contribution in [-0.2, 0) is 0 Å². The molecule has 0 aliphatic carbocycles. The molecule has 0 spiro atoms. The van der Waals surface area contributed by atoms with Crippen molar-refractivity contribution in [2.24, 2.45) is 5.92 Å². The van der Waals surface area contributed by atoms with Gasteiger partial charge in [-0.3, -0.25) is 9.78 Å². The number of rotatable bonds is 5. The smallest absolute Gasteiger partial charge is 0.317 e. The fourth-order valence-electron chi connectivity index (χ4n) is 3.68. The number of carbonyl (C=O) groups excluding carboxylic acids is 2. The van der Waals surface area contributed by atoms with E-state index >= 15 is 0 Å². The minimum atomic E-state index is -0.417. The Kier molecular flexibility index (Phi) is 8.66. The van der Waals surface area contributed by atoms with Crippen molar-refractivity contribution in [3.63, 3.8) is 0 Å². The minimum absolute atomic E-state index is 0.00761. The van der Waals surface area contributed by atoms with Crippen LogP contribution in [0.15, 0.2) is 36.8 Å². The molecule has 0 unspecified atom stereocenters. The molecule has 35 heavy (non-hydrogen) atoms. The summed E-state index contributed by atoms with van der Waals surface area (Å²) in [7, 11) is 1.71. The fourth-order valence-corrected chi connectivity index (χ4v) is 3.68. The van der Waals surface area contributed by atoms with Gasteiger partial charge in [-0.15, -0.1) is 0 Å². The summed E-state index contributed by atoms with van der Waals surface area (Å²) in [6.45, 7) is 8.04. The van der Waals surface area contributed by atoms with E-state index in [0.29, 0.717) is 18.7 Å². The molecule has 9 heteroatoms. The van der Waals surface area contributed by atoms with Gasteiger partial charge in [-0.2, -0.15) is 0 Å². The summed E-state index contributed by atoms with van der Waals surface area (Å²) in [5.41, 5.74) is 1.63. The molecule has 3 heterocycles. The Morgan fingerprint density at radius 2 is 1.97 bits per heavy atom. The van der Waals surface area contributed by atoms with Gasteiger partial charge in [0.05, 0.1) is 19.2 Å². The van der Waals surface area contributed by atoms with Crippen molar-refractivity contribution < 1.29 is 19.4 Å². The molecule has 3 atom stereocenters. The molecule has 2 N–H and O–H groups in total. The summed E-state index contributed by atoms with van der Waals surface area (Å²) < 4.78 is 6.23. The van der Waals surface area contributed by atoms with Crippen LogP contribution in [0, 0.1) is 17.8 Å². The SMILES string of the molecule is CC(C)NC(=O)N(C)C[C@@H]1Oc2ncc(C#Cc3ccncc3)cc2C(=O)N([C@H](C)CO)C[C@@H]1C. The number of carbonyl (C=O) groups is 2. The van der Waals surface area contributed by atoms with Crippen LogP contribution in [-0.4, -0.2) is 81.7 Å². The number of aliphatic hydroxyl groups is 1. The Hall–Kier alpha value is -3.64. The summed E-state index contributed by atoms with van der Waals surface area (Å²) in [6, 6.07) is 4.66. The number of aliphatic hydroxyl groups excluding tert-OH is 1. The maximum absolute atomic E-state index is 13.5. The number of pyridine rings is 2. The normalized spacial score (nSPS) is 18.4. The lowest BCUT2D eigenvalue weighted by atomic mass is 10.00. The molecule has 0 saturated heterocycles. The number of likely N-dealkylation sites (N-methyl/N-ethyl adjacent to an activating group) is 1. The maximum Gasteiger partial charge on any atom is 0.317 e. The van der Waals surface area contributed by atoms with Crippen LogP contribution in [0.2, 0.25) is 0 Å². The maximum atomic E-state index is 13.5. The predicted octanol–water partition coefficient (Wildman–Crippen LogP) is 2.15. The van der Waals surface area contributed by atoms with Crippen LogP contribution in [0.4, 0.5) is 4.79 Å². The lowest BCUT2D eigenvalue weighted by molar-refractivity contribution is 0.0351. The van der Waals surface area contributed by atoms with Gasteiger partial charge in [0.1, 0.15) is 11.7 Å². The van der Waals surface area contributed by atoms with Crippen LogP contribution < -0.4 is 10.1 Å². The van der Waals surface area contributed by atoms with E-state index in [9.17, 15) is 14.7 Å². The third kappa shape index (κ3) is 6.70. The first kappa shape index (κ1) is 26.0. The zero-order chi connectivity index (χ0) is 25.5. The van der Waals surface area contributed by atoms with E-state index < -0.39 is 12.1 Å². The first-order valence-electron chi connectivity index (χ1n) is 11.7. The van der Waals surface area contributed by atoms with Crippen LogP contribution in [0.5, 0.6) is 5.88 Å². The number of ether oxygens (including phenoxy) is 1. The second-order valence-corrected chi connectivity index (χ2v) is 9.17. The molecule has 1 aliphatic rings. The average molecular weight is 480 g/mol. The number of nitrogens with zero attached hydrogens (tertiary/aromatic N) is 4. The molecule has 0 aromatic carbocycles. The third-order valence-electron chi connectivity index (χ3n) is 5.77. The summed E-state index contributed by atoms with van der Waals surface area (Å²) >= 11 is 0. The van der Waals surface area contributed by atoms with Crippen LogP contribution >= 0.6 is 0 Å². The minimum Gasteiger partial charge on any atom is -0.472 e. The molecule has 3 amide bonds. The van der Waals surface area contributed by atoms with E-state index in [-0.39, 0.29) is 41.9 Å². The summed E-state index contributed by atoms with van der Waals surface area (Å²) in [6.07, 6.45) is 4.47. The van der Waals surface area contributed by atoms with E-state index in [0.717, 1.165) is 5.56 Å². The Morgan fingerprint density at radius 1 is 1.29 bits per heavy atom. The predicted molar refractivity (Wildman–Crippen MR) is 132 cm³/mol. The highest BCUT2D eigenvalue weighted by Crippen LogP contribution is 2.27. The molecule has 0 bridgehead atoms. The van der Waals surface area contributed by atoms with E-state index in [1.54, 1.807) is 60.6 Å². The number of urea groups is 1. The van der Waals surface area contributed by atoms with Crippen molar-refractivity contribution in [2.75, 3.05) is 26.7 Å². The van der Waals surface area contributed by atoms with Crippen molar-refractivity contribution in [1.29, 1.82) is 0 Å². The summed E-state index contributed by atoms with van der Waals surface area (Å²) in [5.74, 6) is 5.86. The van der Waals surface area contributed by atoms with E-state index in [4.69, 9.17) is 4.74 Å². The molecular formula is C26H33N5O4. The Balaban J connectivity index is 1.95. The molecule has 2 aromatic heterocycles. The topological polar surface area (TPSA) is 108 Å². The van der Waals surface area contributed by atoms with Gasteiger partial charge in [-0.25, -0.2) is 9.78 Å². The third-order valence-corrected chi connectivity index (χ3v) is 5.77. The summed E-state index contributed by atoms with van der Waals surface area (Å²) in [5, 5.41) is 12.7. The molecule has 9 nitrogen and oxygen atoms in total. The molecule has 3 rings (SSSR count). The van der Waals surface area contributed by atoms with Gasteiger partial charge >= 0.3 is 6.03 Å². The number of nitrogens with one attached hydrogen (secondary N) is 1. The highest BCUT2D eigenvalue weighted by atomic mass is 16.5. The molecule has 0 saturated carbocycles. The average Bonchev–Trinajstić information content (AvgIpc) is 2.84. The van der Waals surface area contributed by atoms with E-state index in [2.05, 4.69) is 27.1 Å². The lowest BCUT2D eigenvalue weighted by Crippen LogP contribution is -2.51. The quantitative estimate of drug-likeness (QED) is 0.637. The highest BCUT2D eigenvalue weighted by Gasteiger charge is 2.34. The largest absolute Gasteiger partial charge is 0.472 e. The van der Waals surface area contributed by atoms with Crippen molar-refractivity contribution >= 4 is 11.9 Å². The van der Waals surface area contributed by atoms with Crippen LogP contribution in [0.3, 0.4) is 0 Å². The number of aromatic nitrogens is 2. The van der Waals surface area contributed by atoms with Crippen LogP contribution in [0.1, 0.15) is 49.2 Å². The Bertz CT molecular complexity index is 1100. The van der Waals surface area contributed by atoms with Crippen molar-refractivity contribution in [2.45, 2.75) is 45.9 Å². The van der Waals surface area contributed by atoms with Crippen molar-refractivity contribution in [1.82, 2.24) is 25.1 Å². The van der Waals surface area contributed by atoms with Crippen molar-refractivity contribution in [3.05, 3.63) is 53.5 Å². The van der Waals surface area contributed by atoms with Gasteiger partial charge in [0.25, 0.3) is 5.91 Å². The van der Waals surface area contributed by atoms with Gasteiger partial charge in [-0.05, 0) is 39.0 Å². The second-order valence-electron chi connectivity index (χ2n) is 9.17. The van der Waals surface area contributed by atoms with Gasteiger partial charge in [0.2, 0.25) is 5.88 Å². The monoisotopic (exact) mass is 479 g/mol. The molecule has 0 fully saturated rings. The van der Waals surface area contributed by atoms with Gasteiger partial charge < -0.3 is 25.0 Å². The van der Waals surface area contributed by atoms with Gasteiger partial charge in [0.15, 0.2) is 0 Å². The summed E-state index contributed by atoms with van der Waals surface area (Å²) in [4.78, 5) is 37.6.